The minimum atomic E-state index is -0.751. The normalized spacial score (nSPS) is 20.4. The minimum Gasteiger partial charge on any atom is -0.368 e. The fraction of sp³-hybridized carbons (Fsp3) is 0.263. The van der Waals surface area contributed by atoms with E-state index in [1.54, 1.807) is 0 Å². The summed E-state index contributed by atoms with van der Waals surface area (Å²) in [5.41, 5.74) is 1.88. The molecule has 4 rings (SSSR count). The van der Waals surface area contributed by atoms with Crippen LogP contribution in [0.2, 0.25) is 0 Å². The van der Waals surface area contributed by atoms with E-state index < -0.39 is 6.17 Å². The monoisotopic (exact) mass is 322 g/mol. The molecule has 0 saturated carbocycles. The molecule has 1 aliphatic heterocycles. The van der Waals surface area contributed by atoms with Gasteiger partial charge in [0, 0.05) is 30.1 Å². The third kappa shape index (κ3) is 3.08. The standard InChI is InChI=1S/C19H19FN4/c20-14-10-15(21-11-14)12-22-19-16-8-4-5-9-17(16)23-18(24-19)13-6-2-1-3-7-13/h1-9,14-15,21H,10-12H2,(H,22,23,24)/t14-,15-/m0/s1. The first-order chi connectivity index (χ1) is 11.8. The van der Waals surface area contributed by atoms with Crippen molar-refractivity contribution < 1.29 is 4.39 Å². The molecule has 2 heterocycles. The van der Waals surface area contributed by atoms with Gasteiger partial charge in [-0.2, -0.15) is 0 Å². The Morgan fingerprint density at radius 1 is 1.04 bits per heavy atom. The summed E-state index contributed by atoms with van der Waals surface area (Å²) in [5, 5.41) is 7.55. The van der Waals surface area contributed by atoms with Crippen LogP contribution >= 0.6 is 0 Å². The minimum absolute atomic E-state index is 0.133. The first-order valence-electron chi connectivity index (χ1n) is 8.23. The molecule has 2 atom stereocenters. The van der Waals surface area contributed by atoms with E-state index in [-0.39, 0.29) is 6.04 Å². The SMILES string of the molecule is F[C@@H]1CN[C@H](CNc2nc(-c3ccccc3)nc3ccccc23)C1. The van der Waals surface area contributed by atoms with Crippen LogP contribution in [0.4, 0.5) is 10.2 Å². The Balaban J connectivity index is 1.67. The number of hydrogen-bond acceptors (Lipinski definition) is 4. The maximum Gasteiger partial charge on any atom is 0.162 e. The predicted molar refractivity (Wildman–Crippen MR) is 94.8 cm³/mol. The average molecular weight is 322 g/mol. The second-order valence-electron chi connectivity index (χ2n) is 6.10. The Labute approximate surface area is 140 Å². The van der Waals surface area contributed by atoms with Crippen molar-refractivity contribution in [3.8, 4) is 11.4 Å². The second kappa shape index (κ2) is 6.53. The molecule has 24 heavy (non-hydrogen) atoms. The first kappa shape index (κ1) is 15.0. The Kier molecular flexibility index (Phi) is 4.09. The molecule has 1 aromatic heterocycles. The molecule has 1 fully saturated rings. The average Bonchev–Trinajstić information content (AvgIpc) is 3.05. The van der Waals surface area contributed by atoms with Gasteiger partial charge >= 0.3 is 0 Å². The summed E-state index contributed by atoms with van der Waals surface area (Å²) in [6.07, 6.45) is -0.208. The van der Waals surface area contributed by atoms with Gasteiger partial charge < -0.3 is 10.6 Å². The molecule has 2 aromatic carbocycles. The van der Waals surface area contributed by atoms with Gasteiger partial charge in [-0.1, -0.05) is 42.5 Å². The van der Waals surface area contributed by atoms with Crippen molar-refractivity contribution in [2.24, 2.45) is 0 Å². The number of rotatable bonds is 4. The molecule has 1 saturated heterocycles. The third-order valence-corrected chi connectivity index (χ3v) is 4.32. The second-order valence-corrected chi connectivity index (χ2v) is 6.10. The van der Waals surface area contributed by atoms with Crippen LogP contribution in [-0.2, 0) is 0 Å². The van der Waals surface area contributed by atoms with Crippen LogP contribution in [0.3, 0.4) is 0 Å². The smallest absolute Gasteiger partial charge is 0.162 e. The van der Waals surface area contributed by atoms with Crippen LogP contribution in [0, 0.1) is 0 Å². The molecule has 1 aliphatic rings. The van der Waals surface area contributed by atoms with Gasteiger partial charge in [-0.05, 0) is 18.6 Å². The maximum absolute atomic E-state index is 13.3. The van der Waals surface area contributed by atoms with Crippen molar-refractivity contribution >= 4 is 16.7 Å². The Bertz CT molecular complexity index is 837. The van der Waals surface area contributed by atoms with E-state index in [0.717, 1.165) is 22.3 Å². The van der Waals surface area contributed by atoms with Crippen molar-refractivity contribution in [1.29, 1.82) is 0 Å². The lowest BCUT2D eigenvalue weighted by Crippen LogP contribution is -2.29. The molecule has 0 amide bonds. The Hall–Kier alpha value is -2.53. The van der Waals surface area contributed by atoms with Gasteiger partial charge in [0.2, 0.25) is 0 Å². The number of benzene rings is 2. The molecule has 4 nitrogen and oxygen atoms in total. The van der Waals surface area contributed by atoms with E-state index >= 15 is 0 Å². The number of nitrogens with one attached hydrogen (secondary N) is 2. The molecule has 0 radical (unpaired) electrons. The van der Waals surface area contributed by atoms with Crippen molar-refractivity contribution in [3.63, 3.8) is 0 Å². The van der Waals surface area contributed by atoms with Crippen molar-refractivity contribution in [2.45, 2.75) is 18.6 Å². The fourth-order valence-corrected chi connectivity index (χ4v) is 3.07. The molecular formula is C19H19FN4. The number of hydrogen-bond donors (Lipinski definition) is 2. The van der Waals surface area contributed by atoms with E-state index in [1.165, 1.54) is 0 Å². The van der Waals surface area contributed by atoms with Gasteiger partial charge in [-0.3, -0.25) is 0 Å². The van der Waals surface area contributed by atoms with Gasteiger partial charge in [0.05, 0.1) is 5.52 Å². The van der Waals surface area contributed by atoms with E-state index in [0.29, 0.717) is 25.3 Å². The number of alkyl halides is 1. The number of aromatic nitrogens is 2. The molecular weight excluding hydrogens is 303 g/mol. The zero-order chi connectivity index (χ0) is 16.4. The number of para-hydroxylation sites is 1. The Morgan fingerprint density at radius 3 is 2.62 bits per heavy atom. The van der Waals surface area contributed by atoms with Crippen LogP contribution in [0.25, 0.3) is 22.3 Å². The highest BCUT2D eigenvalue weighted by Gasteiger charge is 2.23. The lowest BCUT2D eigenvalue weighted by atomic mass is 10.1. The summed E-state index contributed by atoms with van der Waals surface area (Å²) < 4.78 is 13.3. The van der Waals surface area contributed by atoms with E-state index in [1.807, 2.05) is 54.6 Å². The quantitative estimate of drug-likeness (QED) is 0.773. The molecule has 122 valence electrons. The highest BCUT2D eigenvalue weighted by Crippen LogP contribution is 2.25. The molecule has 5 heteroatoms. The van der Waals surface area contributed by atoms with Gasteiger partial charge in [0.1, 0.15) is 12.0 Å². The summed E-state index contributed by atoms with van der Waals surface area (Å²) in [6, 6.07) is 18.0. The zero-order valence-electron chi connectivity index (χ0n) is 13.2. The van der Waals surface area contributed by atoms with E-state index in [2.05, 4.69) is 15.6 Å². The number of halogens is 1. The molecule has 0 unspecified atom stereocenters. The van der Waals surface area contributed by atoms with Crippen LogP contribution in [0.1, 0.15) is 6.42 Å². The molecule has 2 N–H and O–H groups in total. The van der Waals surface area contributed by atoms with Crippen LogP contribution in [0.5, 0.6) is 0 Å². The molecule has 3 aromatic rings. The molecule has 0 aliphatic carbocycles. The van der Waals surface area contributed by atoms with Crippen molar-refractivity contribution in [1.82, 2.24) is 15.3 Å². The van der Waals surface area contributed by atoms with Gasteiger partial charge in [0.25, 0.3) is 0 Å². The third-order valence-electron chi connectivity index (χ3n) is 4.32. The van der Waals surface area contributed by atoms with Crippen LogP contribution < -0.4 is 10.6 Å². The van der Waals surface area contributed by atoms with Gasteiger partial charge in [-0.25, -0.2) is 14.4 Å². The van der Waals surface area contributed by atoms with Crippen LogP contribution in [-0.4, -0.2) is 35.3 Å². The summed E-state index contributed by atoms with van der Waals surface area (Å²) in [5.74, 6) is 1.49. The fourth-order valence-electron chi connectivity index (χ4n) is 3.07. The highest BCUT2D eigenvalue weighted by molar-refractivity contribution is 5.90. The zero-order valence-corrected chi connectivity index (χ0v) is 13.2. The maximum atomic E-state index is 13.3. The highest BCUT2D eigenvalue weighted by atomic mass is 19.1. The summed E-state index contributed by atoms with van der Waals surface area (Å²) in [4.78, 5) is 9.38. The number of nitrogens with zero attached hydrogens (tertiary/aromatic N) is 2. The van der Waals surface area contributed by atoms with E-state index in [4.69, 9.17) is 4.98 Å². The number of anilines is 1. The lowest BCUT2D eigenvalue weighted by Gasteiger charge is -2.14. The van der Waals surface area contributed by atoms with Crippen molar-refractivity contribution in [2.75, 3.05) is 18.4 Å². The van der Waals surface area contributed by atoms with Gasteiger partial charge in [0.15, 0.2) is 5.82 Å². The summed E-state index contributed by atoms with van der Waals surface area (Å²) in [7, 11) is 0. The largest absolute Gasteiger partial charge is 0.368 e. The van der Waals surface area contributed by atoms with E-state index in [9.17, 15) is 4.39 Å². The Morgan fingerprint density at radius 2 is 1.83 bits per heavy atom. The molecule has 0 spiro atoms. The van der Waals surface area contributed by atoms with Crippen molar-refractivity contribution in [3.05, 3.63) is 54.6 Å². The topological polar surface area (TPSA) is 49.8 Å². The first-order valence-corrected chi connectivity index (χ1v) is 8.23. The summed E-state index contributed by atoms with van der Waals surface area (Å²) in [6.45, 7) is 1.09. The summed E-state index contributed by atoms with van der Waals surface area (Å²) >= 11 is 0. The van der Waals surface area contributed by atoms with Gasteiger partial charge in [-0.15, -0.1) is 0 Å². The lowest BCUT2D eigenvalue weighted by molar-refractivity contribution is 0.356. The molecule has 0 bridgehead atoms. The number of fused-ring (bicyclic) bond motifs is 1. The predicted octanol–water partition coefficient (Wildman–Crippen LogP) is 3.41. The van der Waals surface area contributed by atoms with Crippen LogP contribution in [0.15, 0.2) is 54.6 Å².